The highest BCUT2D eigenvalue weighted by atomic mass is 32.1. The second kappa shape index (κ2) is 12.6. The van der Waals surface area contributed by atoms with Gasteiger partial charge in [-0.1, -0.05) is 109 Å². The number of thiophene rings is 1. The minimum absolute atomic E-state index is 1.08. The lowest BCUT2D eigenvalue weighted by Crippen LogP contribution is -1.94. The van der Waals surface area contributed by atoms with E-state index in [4.69, 9.17) is 0 Å². The van der Waals surface area contributed by atoms with E-state index in [1.807, 2.05) is 12.3 Å². The molecule has 3 nitrogen and oxygen atoms in total. The van der Waals surface area contributed by atoms with Crippen molar-refractivity contribution < 1.29 is 0 Å². The van der Waals surface area contributed by atoms with E-state index in [1.54, 1.807) is 11.3 Å². The molecule has 0 aliphatic heterocycles. The standard InChI is InChI=1S/C53H33N3S/c1-2-15-39(16-3-1)55-47-22-6-4-18-42(47)45-32-36(25-27-49(45)55)34-12-8-14-38(30-34)41-20-10-24-50-52(41)44-19-5-7-23-48(44)56(50)40-17-9-13-35(31-40)37-26-28-51-46(33-37)43-21-11-29-54-53(43)57-51/h1-33H. The van der Waals surface area contributed by atoms with Crippen molar-refractivity contribution in [2.45, 2.75) is 0 Å². The number of rotatable bonds is 5. The van der Waals surface area contributed by atoms with Crippen LogP contribution in [0.15, 0.2) is 200 Å². The average molecular weight is 744 g/mol. The molecule has 12 rings (SSSR count). The summed E-state index contributed by atoms with van der Waals surface area (Å²) in [4.78, 5) is 5.70. The summed E-state index contributed by atoms with van der Waals surface area (Å²) in [6.45, 7) is 0. The van der Waals surface area contributed by atoms with Crippen LogP contribution in [-0.2, 0) is 0 Å². The number of pyridine rings is 1. The van der Waals surface area contributed by atoms with E-state index in [0.29, 0.717) is 0 Å². The molecule has 0 atom stereocenters. The molecule has 266 valence electrons. The molecule has 0 unspecified atom stereocenters. The van der Waals surface area contributed by atoms with Gasteiger partial charge in [-0.3, -0.25) is 0 Å². The summed E-state index contributed by atoms with van der Waals surface area (Å²) in [5.74, 6) is 0. The Balaban J connectivity index is 0.989. The number of para-hydroxylation sites is 3. The van der Waals surface area contributed by atoms with Crippen LogP contribution in [0.2, 0.25) is 0 Å². The average Bonchev–Trinajstić information content (AvgIpc) is 3.94. The summed E-state index contributed by atoms with van der Waals surface area (Å²) in [5, 5.41) is 7.49. The molecule has 0 aliphatic carbocycles. The second-order valence-electron chi connectivity index (χ2n) is 14.8. The first-order valence-electron chi connectivity index (χ1n) is 19.4. The van der Waals surface area contributed by atoms with Crippen LogP contribution >= 0.6 is 11.3 Å². The lowest BCUT2D eigenvalue weighted by molar-refractivity contribution is 1.18. The molecule has 4 aromatic heterocycles. The number of fused-ring (bicyclic) bond motifs is 9. The maximum atomic E-state index is 4.62. The molecule has 0 bridgehead atoms. The van der Waals surface area contributed by atoms with Crippen LogP contribution in [0.1, 0.15) is 0 Å². The first-order valence-corrected chi connectivity index (χ1v) is 20.2. The SMILES string of the molecule is c1ccc(-n2c3ccccc3c3cc(-c4cccc(-c5cccc6c5c5ccccc5n6-c5cccc(-c6ccc7sc8ncccc8c7c6)c5)c4)ccc32)cc1. The van der Waals surface area contributed by atoms with E-state index < -0.39 is 0 Å². The molecule has 0 saturated carbocycles. The molecule has 12 aromatic rings. The Morgan fingerprint density at radius 1 is 0.351 bits per heavy atom. The smallest absolute Gasteiger partial charge is 0.124 e. The van der Waals surface area contributed by atoms with Gasteiger partial charge in [0.25, 0.3) is 0 Å². The van der Waals surface area contributed by atoms with Gasteiger partial charge in [-0.15, -0.1) is 11.3 Å². The molecule has 4 heteroatoms. The fourth-order valence-corrected chi connectivity index (χ4v) is 10.1. The zero-order valence-electron chi connectivity index (χ0n) is 30.8. The Morgan fingerprint density at radius 3 is 1.82 bits per heavy atom. The minimum atomic E-state index is 1.08. The molecular formula is C53H33N3S. The van der Waals surface area contributed by atoms with Crippen LogP contribution < -0.4 is 0 Å². The largest absolute Gasteiger partial charge is 0.309 e. The van der Waals surface area contributed by atoms with Crippen LogP contribution in [0, 0.1) is 0 Å². The lowest BCUT2D eigenvalue weighted by Gasteiger charge is -2.12. The van der Waals surface area contributed by atoms with Crippen molar-refractivity contribution >= 4 is 75.3 Å². The van der Waals surface area contributed by atoms with E-state index >= 15 is 0 Å². The van der Waals surface area contributed by atoms with Gasteiger partial charge in [-0.05, 0) is 118 Å². The van der Waals surface area contributed by atoms with Crippen molar-refractivity contribution in [2.75, 3.05) is 0 Å². The number of hydrogen-bond donors (Lipinski definition) is 0. The molecule has 8 aromatic carbocycles. The van der Waals surface area contributed by atoms with E-state index in [2.05, 4.69) is 202 Å². The van der Waals surface area contributed by atoms with Gasteiger partial charge < -0.3 is 9.13 Å². The Kier molecular flexibility index (Phi) is 7.10. The highest BCUT2D eigenvalue weighted by molar-refractivity contribution is 7.25. The van der Waals surface area contributed by atoms with Crippen molar-refractivity contribution in [3.8, 4) is 44.8 Å². The minimum Gasteiger partial charge on any atom is -0.309 e. The summed E-state index contributed by atoms with van der Waals surface area (Å²) in [6.07, 6.45) is 1.88. The summed E-state index contributed by atoms with van der Waals surface area (Å²) < 4.78 is 6.07. The van der Waals surface area contributed by atoms with Gasteiger partial charge in [0.2, 0.25) is 0 Å². The molecule has 0 spiro atoms. The molecule has 0 fully saturated rings. The van der Waals surface area contributed by atoms with E-state index in [-0.39, 0.29) is 0 Å². The zero-order chi connectivity index (χ0) is 37.5. The van der Waals surface area contributed by atoms with Crippen LogP contribution in [0.4, 0.5) is 0 Å². The van der Waals surface area contributed by atoms with Gasteiger partial charge in [-0.2, -0.15) is 0 Å². The fourth-order valence-electron chi connectivity index (χ4n) is 9.03. The number of aromatic nitrogens is 3. The van der Waals surface area contributed by atoms with Gasteiger partial charge in [0, 0.05) is 54.6 Å². The van der Waals surface area contributed by atoms with Crippen molar-refractivity contribution in [2.24, 2.45) is 0 Å². The van der Waals surface area contributed by atoms with Crippen molar-refractivity contribution in [3.63, 3.8) is 0 Å². The zero-order valence-corrected chi connectivity index (χ0v) is 31.6. The summed E-state index contributed by atoms with van der Waals surface area (Å²) in [6, 6.07) is 70.9. The Morgan fingerprint density at radius 2 is 0.947 bits per heavy atom. The van der Waals surface area contributed by atoms with E-state index in [0.717, 1.165) is 10.5 Å². The van der Waals surface area contributed by atoms with Gasteiger partial charge in [0.15, 0.2) is 0 Å². The van der Waals surface area contributed by atoms with E-state index in [9.17, 15) is 0 Å². The van der Waals surface area contributed by atoms with Crippen molar-refractivity contribution in [3.05, 3.63) is 200 Å². The summed E-state index contributed by atoms with van der Waals surface area (Å²) >= 11 is 1.75. The quantitative estimate of drug-likeness (QED) is 0.172. The Hall–Kier alpha value is -7.27. The summed E-state index contributed by atoms with van der Waals surface area (Å²) in [5.41, 5.74) is 14.4. The third-order valence-electron chi connectivity index (χ3n) is 11.6. The number of nitrogens with zero attached hydrogens (tertiary/aromatic N) is 3. The van der Waals surface area contributed by atoms with Crippen molar-refractivity contribution in [1.82, 2.24) is 14.1 Å². The van der Waals surface area contributed by atoms with Gasteiger partial charge in [0.05, 0.1) is 22.1 Å². The second-order valence-corrected chi connectivity index (χ2v) is 15.8. The van der Waals surface area contributed by atoms with Crippen LogP contribution in [0.3, 0.4) is 0 Å². The fraction of sp³-hybridized carbons (Fsp3) is 0. The molecule has 4 heterocycles. The van der Waals surface area contributed by atoms with Gasteiger partial charge in [0.1, 0.15) is 4.83 Å². The van der Waals surface area contributed by atoms with Crippen LogP contribution in [0.5, 0.6) is 0 Å². The Labute approximate surface area is 333 Å². The predicted octanol–water partition coefficient (Wildman–Crippen LogP) is 14.6. The van der Waals surface area contributed by atoms with Crippen LogP contribution in [0.25, 0.3) is 109 Å². The van der Waals surface area contributed by atoms with E-state index in [1.165, 1.54) is 98.2 Å². The first kappa shape index (κ1) is 32.0. The molecular weight excluding hydrogens is 711 g/mol. The third-order valence-corrected chi connectivity index (χ3v) is 12.7. The van der Waals surface area contributed by atoms with Crippen molar-refractivity contribution in [1.29, 1.82) is 0 Å². The lowest BCUT2D eigenvalue weighted by atomic mass is 9.95. The summed E-state index contributed by atoms with van der Waals surface area (Å²) in [7, 11) is 0. The van der Waals surface area contributed by atoms with Gasteiger partial charge >= 0.3 is 0 Å². The topological polar surface area (TPSA) is 22.8 Å². The molecule has 0 saturated heterocycles. The molecule has 0 radical (unpaired) electrons. The molecule has 0 aliphatic rings. The number of benzene rings is 8. The normalized spacial score (nSPS) is 11.9. The Bertz CT molecular complexity index is 3530. The maximum absolute atomic E-state index is 4.62. The molecule has 0 amide bonds. The highest BCUT2D eigenvalue weighted by Gasteiger charge is 2.18. The molecule has 57 heavy (non-hydrogen) atoms. The highest BCUT2D eigenvalue weighted by Crippen LogP contribution is 2.42. The first-order chi connectivity index (χ1) is 28.3. The monoisotopic (exact) mass is 743 g/mol. The molecule has 0 N–H and O–H groups in total. The maximum Gasteiger partial charge on any atom is 0.124 e. The van der Waals surface area contributed by atoms with Gasteiger partial charge in [-0.25, -0.2) is 4.98 Å². The van der Waals surface area contributed by atoms with Crippen LogP contribution in [-0.4, -0.2) is 14.1 Å². The predicted molar refractivity (Wildman–Crippen MR) is 242 cm³/mol. The number of hydrogen-bond acceptors (Lipinski definition) is 2. The third kappa shape index (κ3) is 5.01.